The minimum Gasteiger partial charge on any atom is -0.375 e. The number of ether oxygens (including phenoxy) is 1. The summed E-state index contributed by atoms with van der Waals surface area (Å²) in [6.45, 7) is 9.75. The fourth-order valence-corrected chi connectivity index (χ4v) is 1.61. The summed E-state index contributed by atoms with van der Waals surface area (Å²) in [5, 5.41) is 3.18. The predicted octanol–water partition coefficient (Wildman–Crippen LogP) is 0.563. The Balaban J connectivity index is 2.25. The summed E-state index contributed by atoms with van der Waals surface area (Å²) in [6, 6.07) is 0. The first-order valence-corrected chi connectivity index (χ1v) is 5.22. The summed E-state index contributed by atoms with van der Waals surface area (Å²) in [6.07, 6.45) is 0.436. The van der Waals surface area contributed by atoms with E-state index >= 15 is 0 Å². The normalized spacial score (nSPS) is 25.4. The van der Waals surface area contributed by atoms with Crippen LogP contribution in [0.3, 0.4) is 0 Å². The summed E-state index contributed by atoms with van der Waals surface area (Å²) in [7, 11) is 2.00. The van der Waals surface area contributed by atoms with Gasteiger partial charge in [0.05, 0.1) is 12.7 Å². The van der Waals surface area contributed by atoms with E-state index in [0.29, 0.717) is 12.0 Å². The van der Waals surface area contributed by atoms with E-state index in [9.17, 15) is 0 Å². The average Bonchev–Trinajstić information content (AvgIpc) is 2.15. The number of nitrogens with zero attached hydrogens (tertiary/aromatic N) is 1. The maximum absolute atomic E-state index is 5.69. The van der Waals surface area contributed by atoms with E-state index in [0.717, 1.165) is 32.8 Å². The lowest BCUT2D eigenvalue weighted by molar-refractivity contribution is -0.0497. The van der Waals surface area contributed by atoms with Crippen LogP contribution in [0.5, 0.6) is 0 Å². The molecule has 3 heteroatoms. The van der Waals surface area contributed by atoms with Crippen LogP contribution in [0.4, 0.5) is 0 Å². The summed E-state index contributed by atoms with van der Waals surface area (Å²) >= 11 is 0. The third-order valence-electron chi connectivity index (χ3n) is 2.60. The minimum absolute atomic E-state index is 0.436. The molecule has 0 aromatic carbocycles. The summed E-state index contributed by atoms with van der Waals surface area (Å²) in [4.78, 5) is 2.48. The summed E-state index contributed by atoms with van der Waals surface area (Å²) in [5.74, 6) is 0.636. The van der Waals surface area contributed by atoms with Crippen molar-refractivity contribution in [3.63, 3.8) is 0 Å². The lowest BCUT2D eigenvalue weighted by atomic mass is 10.1. The Kier molecular flexibility index (Phi) is 4.70. The van der Waals surface area contributed by atoms with Gasteiger partial charge < -0.3 is 10.1 Å². The molecule has 1 atom stereocenters. The molecule has 1 aliphatic heterocycles. The van der Waals surface area contributed by atoms with Crippen molar-refractivity contribution in [1.29, 1.82) is 0 Å². The van der Waals surface area contributed by atoms with E-state index in [1.54, 1.807) is 0 Å². The van der Waals surface area contributed by atoms with Gasteiger partial charge in [0.25, 0.3) is 0 Å². The van der Waals surface area contributed by atoms with Crippen LogP contribution in [0.15, 0.2) is 0 Å². The van der Waals surface area contributed by atoms with Crippen molar-refractivity contribution in [2.24, 2.45) is 5.92 Å². The molecule has 1 N–H and O–H groups in total. The smallest absolute Gasteiger partial charge is 0.0725 e. The Morgan fingerprint density at radius 1 is 1.54 bits per heavy atom. The molecule has 78 valence electrons. The molecular weight excluding hydrogens is 164 g/mol. The second kappa shape index (κ2) is 5.58. The van der Waals surface area contributed by atoms with Gasteiger partial charge >= 0.3 is 0 Å². The zero-order valence-electron chi connectivity index (χ0n) is 9.05. The second-order valence-electron chi connectivity index (χ2n) is 4.06. The minimum atomic E-state index is 0.436. The van der Waals surface area contributed by atoms with E-state index in [4.69, 9.17) is 4.74 Å². The third-order valence-corrected chi connectivity index (χ3v) is 2.60. The maximum Gasteiger partial charge on any atom is 0.0725 e. The van der Waals surface area contributed by atoms with Gasteiger partial charge in [0.2, 0.25) is 0 Å². The van der Waals surface area contributed by atoms with Gasteiger partial charge in [0.15, 0.2) is 0 Å². The van der Waals surface area contributed by atoms with Crippen LogP contribution in [-0.4, -0.2) is 50.8 Å². The van der Waals surface area contributed by atoms with Crippen molar-refractivity contribution >= 4 is 0 Å². The molecule has 0 unspecified atom stereocenters. The van der Waals surface area contributed by atoms with Gasteiger partial charge in [-0.25, -0.2) is 0 Å². The lowest BCUT2D eigenvalue weighted by Crippen LogP contribution is -2.46. The molecule has 0 saturated carbocycles. The summed E-state index contributed by atoms with van der Waals surface area (Å²) in [5.41, 5.74) is 0. The molecule has 0 aromatic heterocycles. The number of morpholine rings is 1. The predicted molar refractivity (Wildman–Crippen MR) is 54.9 cm³/mol. The largest absolute Gasteiger partial charge is 0.375 e. The van der Waals surface area contributed by atoms with Gasteiger partial charge in [-0.05, 0) is 13.0 Å². The topological polar surface area (TPSA) is 24.5 Å². The quantitative estimate of drug-likeness (QED) is 0.694. The molecule has 0 aromatic rings. The molecule has 0 spiro atoms. The molecule has 3 nitrogen and oxygen atoms in total. The van der Waals surface area contributed by atoms with Gasteiger partial charge in [-0.15, -0.1) is 0 Å². The van der Waals surface area contributed by atoms with Crippen molar-refractivity contribution in [2.75, 3.05) is 39.8 Å². The Labute approximate surface area is 81.4 Å². The number of rotatable bonds is 4. The third kappa shape index (κ3) is 3.63. The first-order valence-electron chi connectivity index (χ1n) is 5.22. The Hall–Kier alpha value is -0.120. The lowest BCUT2D eigenvalue weighted by Gasteiger charge is -2.34. The molecule has 1 heterocycles. The van der Waals surface area contributed by atoms with Gasteiger partial charge in [0.1, 0.15) is 0 Å². The van der Waals surface area contributed by atoms with E-state index in [1.165, 1.54) is 0 Å². The van der Waals surface area contributed by atoms with E-state index in [-0.39, 0.29) is 0 Å². The average molecular weight is 186 g/mol. The highest BCUT2D eigenvalue weighted by Crippen LogP contribution is 2.12. The van der Waals surface area contributed by atoms with Gasteiger partial charge in [0, 0.05) is 26.2 Å². The highest BCUT2D eigenvalue weighted by molar-refractivity contribution is 4.73. The highest BCUT2D eigenvalue weighted by atomic mass is 16.5. The SMILES string of the molecule is CNCCN1CCO[C@@H](C(C)C)C1. The van der Waals surface area contributed by atoms with Crippen LogP contribution < -0.4 is 5.32 Å². The standard InChI is InChI=1S/C10H22N2O/c1-9(2)10-8-12(5-4-11-3)6-7-13-10/h9-11H,4-8H2,1-3H3/t10-/m1/s1. The van der Waals surface area contributed by atoms with Gasteiger partial charge in [-0.2, -0.15) is 0 Å². The number of hydrogen-bond donors (Lipinski definition) is 1. The molecular formula is C10H22N2O. The van der Waals surface area contributed by atoms with Crippen LogP contribution in [0, 0.1) is 5.92 Å². The number of likely N-dealkylation sites (N-methyl/N-ethyl adjacent to an activating group) is 1. The number of nitrogens with one attached hydrogen (secondary N) is 1. The van der Waals surface area contributed by atoms with Gasteiger partial charge in [-0.3, -0.25) is 4.90 Å². The fraction of sp³-hybridized carbons (Fsp3) is 1.00. The molecule has 0 aliphatic carbocycles. The van der Waals surface area contributed by atoms with Crippen LogP contribution in [0.2, 0.25) is 0 Å². The second-order valence-corrected chi connectivity index (χ2v) is 4.06. The number of hydrogen-bond acceptors (Lipinski definition) is 3. The van der Waals surface area contributed by atoms with Crippen LogP contribution >= 0.6 is 0 Å². The fourth-order valence-electron chi connectivity index (χ4n) is 1.61. The van der Waals surface area contributed by atoms with Crippen LogP contribution in [0.1, 0.15) is 13.8 Å². The summed E-state index contributed by atoms with van der Waals surface area (Å²) < 4.78 is 5.69. The van der Waals surface area contributed by atoms with Crippen molar-refractivity contribution in [1.82, 2.24) is 10.2 Å². The Bertz CT molecular complexity index is 139. The Morgan fingerprint density at radius 3 is 2.92 bits per heavy atom. The Morgan fingerprint density at radius 2 is 2.31 bits per heavy atom. The molecule has 0 radical (unpaired) electrons. The molecule has 0 bridgehead atoms. The van der Waals surface area contributed by atoms with Crippen molar-refractivity contribution < 1.29 is 4.74 Å². The molecule has 13 heavy (non-hydrogen) atoms. The van der Waals surface area contributed by atoms with E-state index in [1.807, 2.05) is 7.05 Å². The molecule has 1 aliphatic rings. The van der Waals surface area contributed by atoms with Crippen molar-refractivity contribution in [3.05, 3.63) is 0 Å². The highest BCUT2D eigenvalue weighted by Gasteiger charge is 2.22. The molecule has 0 amide bonds. The zero-order valence-corrected chi connectivity index (χ0v) is 9.05. The molecule has 1 rings (SSSR count). The maximum atomic E-state index is 5.69. The van der Waals surface area contributed by atoms with Crippen LogP contribution in [0.25, 0.3) is 0 Å². The first-order chi connectivity index (χ1) is 6.24. The van der Waals surface area contributed by atoms with Crippen molar-refractivity contribution in [3.8, 4) is 0 Å². The van der Waals surface area contributed by atoms with E-state index in [2.05, 4.69) is 24.1 Å². The van der Waals surface area contributed by atoms with Crippen molar-refractivity contribution in [2.45, 2.75) is 20.0 Å². The first kappa shape index (κ1) is 11.0. The van der Waals surface area contributed by atoms with Gasteiger partial charge in [-0.1, -0.05) is 13.8 Å². The molecule has 1 saturated heterocycles. The van der Waals surface area contributed by atoms with E-state index < -0.39 is 0 Å². The molecule has 1 fully saturated rings. The monoisotopic (exact) mass is 186 g/mol. The van der Waals surface area contributed by atoms with Crippen LogP contribution in [-0.2, 0) is 4.74 Å². The zero-order chi connectivity index (χ0) is 9.68.